The molecule has 9 heteroatoms. The molecule has 0 N–H and O–H groups in total. The second-order valence-electron chi connectivity index (χ2n) is 12.3. The molecule has 0 aromatic heterocycles. The van der Waals surface area contributed by atoms with E-state index in [2.05, 4.69) is 13.2 Å². The fraction of sp³-hybridized carbons (Fsp3) is 0.200. The Morgan fingerprint density at radius 2 is 0.907 bits per heavy atom. The lowest BCUT2D eigenvalue weighted by atomic mass is 10.1. The van der Waals surface area contributed by atoms with E-state index in [1.807, 2.05) is 109 Å². The fourth-order valence-electron chi connectivity index (χ4n) is 5.12. The van der Waals surface area contributed by atoms with Gasteiger partial charge in [-0.25, -0.2) is 9.59 Å². The van der Waals surface area contributed by atoms with Crippen LogP contribution >= 0.6 is 0 Å². The molecule has 2 unspecified atom stereocenters. The second kappa shape index (κ2) is 19.4. The highest BCUT2D eigenvalue weighted by Crippen LogP contribution is 2.33. The molecule has 0 saturated carbocycles. The molecule has 0 saturated heterocycles. The van der Waals surface area contributed by atoms with Crippen LogP contribution in [0.25, 0.3) is 22.3 Å². The maximum absolute atomic E-state index is 12.5. The average molecular weight is 729 g/mol. The summed E-state index contributed by atoms with van der Waals surface area (Å²) in [5, 5.41) is 0. The average Bonchev–Trinajstić information content (AvgIpc) is 3.19. The molecule has 0 bridgehead atoms. The molecule has 0 heterocycles. The van der Waals surface area contributed by atoms with Gasteiger partial charge in [0.2, 0.25) is 12.6 Å². The van der Waals surface area contributed by atoms with Crippen molar-refractivity contribution < 1.29 is 42.7 Å². The molecule has 54 heavy (non-hydrogen) atoms. The first-order valence-electron chi connectivity index (χ1n) is 17.5. The number of hydrogen-bond donors (Lipinski definition) is 0. The number of rotatable bonds is 19. The number of carbonyl (C=O) groups is 2. The molecule has 0 amide bonds. The van der Waals surface area contributed by atoms with Crippen LogP contribution in [0, 0.1) is 0 Å². The van der Waals surface area contributed by atoms with E-state index in [0.717, 1.165) is 22.3 Å². The van der Waals surface area contributed by atoms with Gasteiger partial charge in [-0.3, -0.25) is 0 Å². The van der Waals surface area contributed by atoms with Gasteiger partial charge >= 0.3 is 11.9 Å². The molecular weight excluding hydrogens is 684 g/mol. The molecule has 0 fully saturated rings. The Labute approximate surface area is 316 Å². The largest absolute Gasteiger partial charge is 0.497 e. The molecule has 278 valence electrons. The van der Waals surface area contributed by atoms with Gasteiger partial charge in [0.1, 0.15) is 17.2 Å². The zero-order chi connectivity index (χ0) is 38.3. The minimum absolute atomic E-state index is 0.0979. The summed E-state index contributed by atoms with van der Waals surface area (Å²) in [4.78, 5) is 25.0. The lowest BCUT2D eigenvalue weighted by molar-refractivity contribution is -0.161. The van der Waals surface area contributed by atoms with Crippen molar-refractivity contribution >= 4 is 11.9 Å². The second-order valence-corrected chi connectivity index (χ2v) is 12.3. The molecule has 5 aromatic carbocycles. The molecule has 0 aliphatic carbocycles. The first kappa shape index (κ1) is 38.7. The van der Waals surface area contributed by atoms with Crippen LogP contribution in [0.2, 0.25) is 0 Å². The fourth-order valence-corrected chi connectivity index (χ4v) is 5.12. The summed E-state index contributed by atoms with van der Waals surface area (Å²) in [5.74, 6) is 1.25. The quantitative estimate of drug-likeness (QED) is 0.0468. The maximum Gasteiger partial charge on any atom is 0.336 e. The zero-order valence-electron chi connectivity index (χ0n) is 30.7. The Kier molecular flexibility index (Phi) is 13.9. The number of methoxy groups -OCH3 is 1. The van der Waals surface area contributed by atoms with Crippen molar-refractivity contribution in [2.24, 2.45) is 0 Å². The highest BCUT2D eigenvalue weighted by molar-refractivity contribution is 5.87. The third kappa shape index (κ3) is 11.5. The molecule has 0 aliphatic rings. The monoisotopic (exact) mass is 728 g/mol. The van der Waals surface area contributed by atoms with Crippen LogP contribution in [0.3, 0.4) is 0 Å². The number of benzene rings is 5. The minimum Gasteiger partial charge on any atom is -0.497 e. The molecule has 0 radical (unpaired) electrons. The van der Waals surface area contributed by atoms with Crippen LogP contribution in [0.1, 0.15) is 26.7 Å². The standard InChI is InChI=1S/C45H44O9/c1-31(2)44(46)53-42(51-37-20-16-35(17-21-37)33-12-8-6-9-13-33)26-28-49-40-25-24-39(48-5)30-41(40)50-29-27-43(54-45(47)32(3)4)52-38-22-18-36(19-23-38)34-14-10-7-11-15-34/h6-25,30,42-43H,1,3,26-29H2,2,4-5H3. The predicted octanol–water partition coefficient (Wildman–Crippen LogP) is 9.62. The Balaban J connectivity index is 1.22. The van der Waals surface area contributed by atoms with Crippen molar-refractivity contribution in [1.82, 2.24) is 0 Å². The van der Waals surface area contributed by atoms with E-state index in [4.69, 9.17) is 33.2 Å². The summed E-state index contributed by atoms with van der Waals surface area (Å²) < 4.78 is 41.0. The predicted molar refractivity (Wildman–Crippen MR) is 208 cm³/mol. The highest BCUT2D eigenvalue weighted by atomic mass is 16.7. The Morgan fingerprint density at radius 1 is 0.519 bits per heavy atom. The SMILES string of the molecule is C=C(C)C(=O)OC(CCOc1ccc(OC)cc1OCCC(OC(=O)C(=C)C)Oc1ccc(-c2ccccc2)cc1)Oc1ccc(-c2ccccc2)cc1. The number of carbonyl (C=O) groups excluding carboxylic acids is 2. The van der Waals surface area contributed by atoms with Crippen LogP contribution in [0.5, 0.6) is 28.7 Å². The first-order chi connectivity index (χ1) is 26.2. The van der Waals surface area contributed by atoms with E-state index < -0.39 is 24.5 Å². The number of ether oxygens (including phenoxy) is 7. The van der Waals surface area contributed by atoms with E-state index in [-0.39, 0.29) is 37.2 Å². The van der Waals surface area contributed by atoms with Crippen LogP contribution < -0.4 is 23.7 Å². The molecular formula is C45H44O9. The topological polar surface area (TPSA) is 98.8 Å². The molecule has 0 spiro atoms. The lowest BCUT2D eigenvalue weighted by Gasteiger charge is -2.21. The lowest BCUT2D eigenvalue weighted by Crippen LogP contribution is -2.27. The van der Waals surface area contributed by atoms with E-state index in [9.17, 15) is 9.59 Å². The molecule has 0 aliphatic heterocycles. The van der Waals surface area contributed by atoms with Crippen LogP contribution in [0.4, 0.5) is 0 Å². The Bertz CT molecular complexity index is 1990. The summed E-state index contributed by atoms with van der Waals surface area (Å²) in [5.41, 5.74) is 4.69. The van der Waals surface area contributed by atoms with E-state index >= 15 is 0 Å². The van der Waals surface area contributed by atoms with Crippen LogP contribution in [-0.4, -0.2) is 44.8 Å². The number of hydrogen-bond acceptors (Lipinski definition) is 9. The third-order valence-corrected chi connectivity index (χ3v) is 8.00. The summed E-state index contributed by atoms with van der Waals surface area (Å²) in [6, 6.07) is 40.2. The van der Waals surface area contributed by atoms with Gasteiger partial charge in [-0.1, -0.05) is 98.1 Å². The van der Waals surface area contributed by atoms with Gasteiger partial charge in [0.15, 0.2) is 11.5 Å². The van der Waals surface area contributed by atoms with Crippen molar-refractivity contribution in [3.63, 3.8) is 0 Å². The Morgan fingerprint density at radius 3 is 1.31 bits per heavy atom. The van der Waals surface area contributed by atoms with Gasteiger partial charge in [-0.15, -0.1) is 0 Å². The summed E-state index contributed by atoms with van der Waals surface area (Å²) in [7, 11) is 1.55. The summed E-state index contributed by atoms with van der Waals surface area (Å²) in [6.45, 7) is 10.7. The third-order valence-electron chi connectivity index (χ3n) is 8.00. The van der Waals surface area contributed by atoms with Crippen molar-refractivity contribution in [2.45, 2.75) is 39.3 Å². The van der Waals surface area contributed by atoms with Gasteiger partial charge < -0.3 is 33.2 Å². The summed E-state index contributed by atoms with van der Waals surface area (Å²) in [6.07, 6.45) is -1.54. The minimum atomic E-state index is -0.964. The van der Waals surface area contributed by atoms with Crippen LogP contribution in [-0.2, 0) is 19.1 Å². The summed E-state index contributed by atoms with van der Waals surface area (Å²) >= 11 is 0. The van der Waals surface area contributed by atoms with Crippen molar-refractivity contribution in [3.05, 3.63) is 152 Å². The molecule has 9 nitrogen and oxygen atoms in total. The zero-order valence-corrected chi connectivity index (χ0v) is 30.7. The normalized spacial score (nSPS) is 11.7. The van der Waals surface area contributed by atoms with E-state index in [1.165, 1.54) is 0 Å². The van der Waals surface area contributed by atoms with Gasteiger partial charge in [-0.05, 0) is 72.5 Å². The van der Waals surface area contributed by atoms with Gasteiger partial charge in [0.25, 0.3) is 0 Å². The van der Waals surface area contributed by atoms with Gasteiger partial charge in [-0.2, -0.15) is 0 Å². The molecule has 2 atom stereocenters. The van der Waals surface area contributed by atoms with E-state index in [1.54, 1.807) is 39.2 Å². The molecule has 5 aromatic rings. The highest BCUT2D eigenvalue weighted by Gasteiger charge is 2.20. The van der Waals surface area contributed by atoms with Crippen molar-refractivity contribution in [3.8, 4) is 51.0 Å². The van der Waals surface area contributed by atoms with Crippen molar-refractivity contribution in [1.29, 1.82) is 0 Å². The number of esters is 2. The Hall–Kier alpha value is -6.48. The van der Waals surface area contributed by atoms with Gasteiger partial charge in [0, 0.05) is 17.2 Å². The van der Waals surface area contributed by atoms with E-state index in [0.29, 0.717) is 28.7 Å². The molecule has 5 rings (SSSR count). The first-order valence-corrected chi connectivity index (χ1v) is 17.5. The smallest absolute Gasteiger partial charge is 0.336 e. The maximum atomic E-state index is 12.5. The van der Waals surface area contributed by atoms with Crippen molar-refractivity contribution in [2.75, 3.05) is 20.3 Å². The van der Waals surface area contributed by atoms with Crippen LogP contribution in [0.15, 0.2) is 152 Å². The van der Waals surface area contributed by atoms with Gasteiger partial charge in [0.05, 0.1) is 33.2 Å².